The Balaban J connectivity index is 1.66. The third kappa shape index (κ3) is 4.20. The van der Waals surface area contributed by atoms with Crippen molar-refractivity contribution in [3.8, 4) is 11.5 Å². The van der Waals surface area contributed by atoms with E-state index in [1.165, 1.54) is 6.42 Å². The Labute approximate surface area is 161 Å². The molecule has 2 aliphatic heterocycles. The zero-order valence-corrected chi connectivity index (χ0v) is 16.6. The topological polar surface area (TPSA) is 59.1 Å². The third-order valence-corrected chi connectivity index (χ3v) is 5.77. The SMILES string of the molecule is CCC1CCCCN1C(=O)C1CC(=O)N(Cc2ccc(OC)c(OC)c2)C1. The lowest BCUT2D eigenvalue weighted by atomic mass is 9.97. The van der Waals surface area contributed by atoms with Gasteiger partial charge < -0.3 is 19.3 Å². The van der Waals surface area contributed by atoms with Gasteiger partial charge in [0.25, 0.3) is 0 Å². The Bertz CT molecular complexity index is 691. The normalized spacial score (nSPS) is 22.9. The van der Waals surface area contributed by atoms with E-state index in [0.717, 1.165) is 31.4 Å². The van der Waals surface area contributed by atoms with Crippen molar-refractivity contribution in [1.82, 2.24) is 9.80 Å². The number of methoxy groups -OCH3 is 2. The highest BCUT2D eigenvalue weighted by atomic mass is 16.5. The van der Waals surface area contributed by atoms with Crippen LogP contribution in [0.5, 0.6) is 11.5 Å². The van der Waals surface area contributed by atoms with Crippen molar-refractivity contribution in [2.45, 2.75) is 51.6 Å². The summed E-state index contributed by atoms with van der Waals surface area (Å²) in [5.41, 5.74) is 0.971. The van der Waals surface area contributed by atoms with Crippen LogP contribution >= 0.6 is 0 Å². The first-order chi connectivity index (χ1) is 13.1. The maximum atomic E-state index is 13.0. The number of benzene rings is 1. The van der Waals surface area contributed by atoms with Crippen LogP contribution < -0.4 is 9.47 Å². The number of hydrogen-bond donors (Lipinski definition) is 0. The van der Waals surface area contributed by atoms with Crippen LogP contribution in [-0.4, -0.2) is 55.0 Å². The van der Waals surface area contributed by atoms with E-state index in [4.69, 9.17) is 9.47 Å². The molecule has 0 saturated carbocycles. The number of rotatable bonds is 6. The zero-order chi connectivity index (χ0) is 19.4. The number of hydrogen-bond acceptors (Lipinski definition) is 4. The summed E-state index contributed by atoms with van der Waals surface area (Å²) in [6, 6.07) is 6.00. The van der Waals surface area contributed by atoms with Gasteiger partial charge in [-0.15, -0.1) is 0 Å². The summed E-state index contributed by atoms with van der Waals surface area (Å²) in [5.74, 6) is 1.30. The number of ether oxygens (including phenoxy) is 2. The number of amides is 2. The maximum absolute atomic E-state index is 13.0. The smallest absolute Gasteiger partial charge is 0.228 e. The van der Waals surface area contributed by atoms with E-state index in [-0.39, 0.29) is 17.7 Å². The molecule has 0 aromatic heterocycles. The highest BCUT2D eigenvalue weighted by molar-refractivity contribution is 5.89. The van der Waals surface area contributed by atoms with Gasteiger partial charge in [0.2, 0.25) is 11.8 Å². The molecule has 27 heavy (non-hydrogen) atoms. The molecule has 148 valence electrons. The molecule has 0 bridgehead atoms. The molecular weight excluding hydrogens is 344 g/mol. The fourth-order valence-corrected chi connectivity index (χ4v) is 4.24. The third-order valence-electron chi connectivity index (χ3n) is 5.77. The van der Waals surface area contributed by atoms with Gasteiger partial charge in [0.05, 0.1) is 20.1 Å². The first-order valence-electron chi connectivity index (χ1n) is 9.86. The van der Waals surface area contributed by atoms with Crippen molar-refractivity contribution in [2.75, 3.05) is 27.3 Å². The monoisotopic (exact) mass is 374 g/mol. The molecule has 6 heteroatoms. The number of likely N-dealkylation sites (tertiary alicyclic amines) is 2. The van der Waals surface area contributed by atoms with Gasteiger partial charge in [-0.3, -0.25) is 9.59 Å². The Morgan fingerprint density at radius 2 is 1.96 bits per heavy atom. The van der Waals surface area contributed by atoms with E-state index in [2.05, 4.69) is 6.92 Å². The Morgan fingerprint density at radius 3 is 2.67 bits per heavy atom. The van der Waals surface area contributed by atoms with Crippen LogP contribution in [0.2, 0.25) is 0 Å². The van der Waals surface area contributed by atoms with E-state index in [9.17, 15) is 9.59 Å². The fraction of sp³-hybridized carbons (Fsp3) is 0.619. The standard InChI is InChI=1S/C21H30N2O4/c1-4-17-7-5-6-10-23(17)21(25)16-12-20(24)22(14-16)13-15-8-9-18(26-2)19(11-15)27-3/h8-9,11,16-17H,4-7,10,12-14H2,1-3H3. The van der Waals surface area contributed by atoms with Gasteiger partial charge in [-0.05, 0) is 43.4 Å². The Morgan fingerprint density at radius 1 is 1.19 bits per heavy atom. The summed E-state index contributed by atoms with van der Waals surface area (Å²) in [7, 11) is 3.20. The second-order valence-electron chi connectivity index (χ2n) is 7.45. The molecule has 2 heterocycles. The quantitative estimate of drug-likeness (QED) is 0.768. The molecule has 1 aromatic carbocycles. The van der Waals surface area contributed by atoms with Gasteiger partial charge in [-0.25, -0.2) is 0 Å². The van der Waals surface area contributed by atoms with Crippen LogP contribution in [0.3, 0.4) is 0 Å². The lowest BCUT2D eigenvalue weighted by molar-refractivity contribution is -0.139. The molecular formula is C21H30N2O4. The van der Waals surface area contributed by atoms with Crippen molar-refractivity contribution in [3.05, 3.63) is 23.8 Å². The van der Waals surface area contributed by atoms with Crippen LogP contribution in [0.15, 0.2) is 18.2 Å². The number of carbonyl (C=O) groups excluding carboxylic acids is 2. The lowest BCUT2D eigenvalue weighted by Gasteiger charge is -2.36. The first kappa shape index (κ1) is 19.5. The van der Waals surface area contributed by atoms with E-state index >= 15 is 0 Å². The number of nitrogens with zero attached hydrogens (tertiary/aromatic N) is 2. The van der Waals surface area contributed by atoms with Crippen LogP contribution in [-0.2, 0) is 16.1 Å². The van der Waals surface area contributed by atoms with Crippen LogP contribution in [0, 0.1) is 5.92 Å². The van der Waals surface area contributed by atoms with Gasteiger partial charge in [0.1, 0.15) is 0 Å². The van der Waals surface area contributed by atoms with Crippen molar-refractivity contribution in [2.24, 2.45) is 5.92 Å². The molecule has 1 aromatic rings. The van der Waals surface area contributed by atoms with E-state index < -0.39 is 0 Å². The average molecular weight is 374 g/mol. The van der Waals surface area contributed by atoms with Gasteiger partial charge >= 0.3 is 0 Å². The van der Waals surface area contributed by atoms with Crippen molar-refractivity contribution in [3.63, 3.8) is 0 Å². The first-order valence-corrected chi connectivity index (χ1v) is 9.86. The fourth-order valence-electron chi connectivity index (χ4n) is 4.24. The molecule has 6 nitrogen and oxygen atoms in total. The molecule has 0 radical (unpaired) electrons. The van der Waals surface area contributed by atoms with Crippen molar-refractivity contribution < 1.29 is 19.1 Å². The van der Waals surface area contributed by atoms with Crippen molar-refractivity contribution in [1.29, 1.82) is 0 Å². The second kappa shape index (κ2) is 8.63. The van der Waals surface area contributed by atoms with Gasteiger partial charge in [0.15, 0.2) is 11.5 Å². The predicted molar refractivity (Wildman–Crippen MR) is 103 cm³/mol. The minimum absolute atomic E-state index is 0.0493. The Hall–Kier alpha value is -2.24. The maximum Gasteiger partial charge on any atom is 0.228 e. The molecule has 2 unspecified atom stereocenters. The summed E-state index contributed by atoms with van der Waals surface area (Å²) >= 11 is 0. The van der Waals surface area contributed by atoms with Crippen LogP contribution in [0.1, 0.15) is 44.6 Å². The van der Waals surface area contributed by atoms with Crippen LogP contribution in [0.25, 0.3) is 0 Å². The molecule has 2 saturated heterocycles. The molecule has 0 N–H and O–H groups in total. The van der Waals surface area contributed by atoms with E-state index in [1.807, 2.05) is 23.1 Å². The number of piperidine rings is 1. The number of carbonyl (C=O) groups is 2. The molecule has 2 fully saturated rings. The summed E-state index contributed by atoms with van der Waals surface area (Å²) < 4.78 is 10.6. The predicted octanol–water partition coefficient (Wildman–Crippen LogP) is 2.84. The molecule has 2 aliphatic rings. The van der Waals surface area contributed by atoms with Gasteiger partial charge in [-0.1, -0.05) is 13.0 Å². The summed E-state index contributed by atoms with van der Waals surface area (Å²) in [5, 5.41) is 0. The van der Waals surface area contributed by atoms with E-state index in [1.54, 1.807) is 19.1 Å². The zero-order valence-electron chi connectivity index (χ0n) is 16.6. The lowest BCUT2D eigenvalue weighted by Crippen LogP contribution is -2.46. The van der Waals surface area contributed by atoms with Gasteiger partial charge in [0, 0.05) is 32.1 Å². The Kier molecular flexibility index (Phi) is 6.24. The van der Waals surface area contributed by atoms with Crippen LogP contribution in [0.4, 0.5) is 0 Å². The summed E-state index contributed by atoms with van der Waals surface area (Å²) in [6.45, 7) is 3.95. The minimum Gasteiger partial charge on any atom is -0.493 e. The summed E-state index contributed by atoms with van der Waals surface area (Å²) in [6.07, 6.45) is 4.65. The molecule has 2 atom stereocenters. The highest BCUT2D eigenvalue weighted by Crippen LogP contribution is 2.30. The van der Waals surface area contributed by atoms with Gasteiger partial charge in [-0.2, -0.15) is 0 Å². The second-order valence-corrected chi connectivity index (χ2v) is 7.45. The van der Waals surface area contributed by atoms with E-state index in [0.29, 0.717) is 37.1 Å². The minimum atomic E-state index is -0.218. The largest absolute Gasteiger partial charge is 0.493 e. The van der Waals surface area contributed by atoms with Crippen molar-refractivity contribution >= 4 is 11.8 Å². The average Bonchev–Trinajstić information content (AvgIpc) is 3.07. The molecule has 0 aliphatic carbocycles. The summed E-state index contributed by atoms with van der Waals surface area (Å²) in [4.78, 5) is 29.3. The highest BCUT2D eigenvalue weighted by Gasteiger charge is 2.38. The molecule has 3 rings (SSSR count). The molecule has 0 spiro atoms. The molecule has 2 amide bonds.